The third-order valence-electron chi connectivity index (χ3n) is 4.73. The summed E-state index contributed by atoms with van der Waals surface area (Å²) in [7, 11) is 1.97. The van der Waals surface area contributed by atoms with Gasteiger partial charge in [-0.2, -0.15) is 10.2 Å². The van der Waals surface area contributed by atoms with Crippen LogP contribution in [0.15, 0.2) is 47.7 Å². The van der Waals surface area contributed by atoms with E-state index in [1.165, 1.54) is 16.8 Å². The van der Waals surface area contributed by atoms with E-state index in [4.69, 9.17) is 4.99 Å². The maximum Gasteiger partial charge on any atom is 0.191 e. The standard InChI is InChI=1S/C21H29N7/c1-5-22-21(24-13-20-16(2)26-27(4)17(20)3)23-11-19-12-25-28(15-19)14-18-9-7-6-8-10-18/h6-10,12,15H,5,11,13-14H2,1-4H3,(H2,22,23,24). The molecule has 2 N–H and O–H groups in total. The van der Waals surface area contributed by atoms with E-state index < -0.39 is 0 Å². The van der Waals surface area contributed by atoms with Crippen molar-refractivity contribution in [2.24, 2.45) is 12.0 Å². The van der Waals surface area contributed by atoms with Crippen molar-refractivity contribution < 1.29 is 0 Å². The predicted octanol–water partition coefficient (Wildman–Crippen LogP) is 2.54. The first-order valence-electron chi connectivity index (χ1n) is 9.63. The molecule has 0 fully saturated rings. The molecule has 0 saturated heterocycles. The van der Waals surface area contributed by atoms with Gasteiger partial charge in [-0.15, -0.1) is 0 Å². The van der Waals surface area contributed by atoms with Crippen LogP contribution in [0.1, 0.15) is 35.0 Å². The second-order valence-electron chi connectivity index (χ2n) is 6.85. The topological polar surface area (TPSA) is 72.1 Å². The van der Waals surface area contributed by atoms with E-state index in [1.54, 1.807) is 0 Å². The van der Waals surface area contributed by atoms with Crippen LogP contribution in [0.2, 0.25) is 0 Å². The zero-order valence-corrected chi connectivity index (χ0v) is 17.1. The lowest BCUT2D eigenvalue weighted by atomic mass is 10.2. The normalized spacial score (nSPS) is 11.6. The summed E-state index contributed by atoms with van der Waals surface area (Å²) >= 11 is 0. The predicted molar refractivity (Wildman–Crippen MR) is 112 cm³/mol. The third-order valence-corrected chi connectivity index (χ3v) is 4.73. The Morgan fingerprint density at radius 3 is 2.57 bits per heavy atom. The third kappa shape index (κ3) is 5.00. The molecule has 0 atom stereocenters. The Kier molecular flexibility index (Phi) is 6.47. The van der Waals surface area contributed by atoms with Crippen LogP contribution in [0.4, 0.5) is 0 Å². The molecule has 3 aromatic rings. The van der Waals surface area contributed by atoms with Gasteiger partial charge in [0.1, 0.15) is 0 Å². The summed E-state index contributed by atoms with van der Waals surface area (Å²) in [6.07, 6.45) is 3.93. The molecule has 0 bridgehead atoms. The molecule has 0 amide bonds. The van der Waals surface area contributed by atoms with Gasteiger partial charge in [-0.25, -0.2) is 4.99 Å². The van der Waals surface area contributed by atoms with Crippen molar-refractivity contribution in [1.29, 1.82) is 0 Å². The Bertz CT molecular complexity index is 922. The Balaban J connectivity index is 1.61. The first kappa shape index (κ1) is 19.7. The maximum atomic E-state index is 4.70. The van der Waals surface area contributed by atoms with E-state index >= 15 is 0 Å². The fraction of sp³-hybridized carbons (Fsp3) is 0.381. The molecule has 0 unspecified atom stereocenters. The smallest absolute Gasteiger partial charge is 0.191 e. The average molecular weight is 380 g/mol. The number of rotatable bonds is 7. The maximum absolute atomic E-state index is 4.70. The van der Waals surface area contributed by atoms with Crippen LogP contribution in [0, 0.1) is 13.8 Å². The van der Waals surface area contributed by atoms with Crippen LogP contribution >= 0.6 is 0 Å². The molecule has 28 heavy (non-hydrogen) atoms. The number of hydrogen-bond acceptors (Lipinski definition) is 3. The van der Waals surface area contributed by atoms with Gasteiger partial charge < -0.3 is 10.6 Å². The largest absolute Gasteiger partial charge is 0.357 e. The van der Waals surface area contributed by atoms with Crippen LogP contribution in [-0.2, 0) is 26.7 Å². The Labute approximate surface area is 166 Å². The monoisotopic (exact) mass is 379 g/mol. The molecular formula is C21H29N7. The molecule has 2 aromatic heterocycles. The van der Waals surface area contributed by atoms with Gasteiger partial charge in [0.2, 0.25) is 0 Å². The Morgan fingerprint density at radius 2 is 1.89 bits per heavy atom. The van der Waals surface area contributed by atoms with Crippen molar-refractivity contribution in [3.63, 3.8) is 0 Å². The quantitative estimate of drug-likeness (QED) is 0.489. The second kappa shape index (κ2) is 9.21. The molecule has 0 aliphatic heterocycles. The Hall–Kier alpha value is -3.09. The summed E-state index contributed by atoms with van der Waals surface area (Å²) in [5.74, 6) is 0.793. The number of aliphatic imine (C=N–C) groups is 1. The number of guanidine groups is 1. The minimum atomic E-state index is 0.578. The molecule has 0 aliphatic rings. The van der Waals surface area contributed by atoms with Gasteiger partial charge in [-0.05, 0) is 26.3 Å². The molecule has 3 rings (SSSR count). The summed E-state index contributed by atoms with van der Waals surface area (Å²) in [4.78, 5) is 4.70. The van der Waals surface area contributed by atoms with Crippen molar-refractivity contribution in [2.75, 3.05) is 6.54 Å². The molecule has 0 spiro atoms. The van der Waals surface area contributed by atoms with Gasteiger partial charge in [0.15, 0.2) is 5.96 Å². The summed E-state index contributed by atoms with van der Waals surface area (Å²) in [5.41, 5.74) is 5.75. The molecule has 148 valence electrons. The molecule has 0 saturated carbocycles. The molecule has 7 heteroatoms. The number of aryl methyl sites for hydroxylation is 2. The van der Waals surface area contributed by atoms with Crippen molar-refractivity contribution in [3.8, 4) is 0 Å². The van der Waals surface area contributed by atoms with E-state index in [0.717, 1.165) is 30.3 Å². The highest BCUT2D eigenvalue weighted by Gasteiger charge is 2.09. The van der Waals surface area contributed by atoms with Crippen LogP contribution in [-0.4, -0.2) is 32.1 Å². The molecule has 0 radical (unpaired) electrons. The summed E-state index contributed by atoms with van der Waals surface area (Å²) in [6.45, 7) is 9.04. The van der Waals surface area contributed by atoms with Crippen LogP contribution < -0.4 is 10.6 Å². The summed E-state index contributed by atoms with van der Waals surface area (Å²) < 4.78 is 3.86. The lowest BCUT2D eigenvalue weighted by Gasteiger charge is -2.11. The van der Waals surface area contributed by atoms with Crippen LogP contribution in [0.25, 0.3) is 0 Å². The molecule has 2 heterocycles. The van der Waals surface area contributed by atoms with E-state index in [0.29, 0.717) is 13.1 Å². The van der Waals surface area contributed by atoms with Gasteiger partial charge in [-0.1, -0.05) is 30.3 Å². The van der Waals surface area contributed by atoms with E-state index in [1.807, 2.05) is 47.7 Å². The number of aromatic nitrogens is 4. The summed E-state index contributed by atoms with van der Waals surface area (Å²) in [5, 5.41) is 15.6. The zero-order chi connectivity index (χ0) is 19.9. The first-order chi connectivity index (χ1) is 13.6. The average Bonchev–Trinajstić information content (AvgIpc) is 3.23. The van der Waals surface area contributed by atoms with Gasteiger partial charge in [0.25, 0.3) is 0 Å². The van der Waals surface area contributed by atoms with Crippen molar-refractivity contribution in [3.05, 3.63) is 70.8 Å². The SMILES string of the molecule is CCNC(=NCc1cnn(Cc2ccccc2)c1)NCc1c(C)nn(C)c1C. The lowest BCUT2D eigenvalue weighted by Crippen LogP contribution is -2.37. The number of hydrogen-bond donors (Lipinski definition) is 2. The van der Waals surface area contributed by atoms with Gasteiger partial charge in [0.05, 0.1) is 25.0 Å². The highest BCUT2D eigenvalue weighted by molar-refractivity contribution is 5.79. The zero-order valence-electron chi connectivity index (χ0n) is 17.1. The fourth-order valence-corrected chi connectivity index (χ4v) is 3.10. The van der Waals surface area contributed by atoms with Gasteiger partial charge >= 0.3 is 0 Å². The molecular weight excluding hydrogens is 350 g/mol. The van der Waals surface area contributed by atoms with Crippen molar-refractivity contribution in [1.82, 2.24) is 30.2 Å². The minimum absolute atomic E-state index is 0.578. The van der Waals surface area contributed by atoms with E-state index in [-0.39, 0.29) is 0 Å². The minimum Gasteiger partial charge on any atom is -0.357 e. The Morgan fingerprint density at radius 1 is 1.11 bits per heavy atom. The van der Waals surface area contributed by atoms with Gasteiger partial charge in [0, 0.05) is 43.2 Å². The van der Waals surface area contributed by atoms with Crippen LogP contribution in [0.3, 0.4) is 0 Å². The van der Waals surface area contributed by atoms with Crippen LogP contribution in [0.5, 0.6) is 0 Å². The lowest BCUT2D eigenvalue weighted by molar-refractivity contribution is 0.686. The highest BCUT2D eigenvalue weighted by atomic mass is 15.3. The van der Waals surface area contributed by atoms with Gasteiger partial charge in [-0.3, -0.25) is 9.36 Å². The van der Waals surface area contributed by atoms with E-state index in [2.05, 4.69) is 53.0 Å². The molecule has 0 aliphatic carbocycles. The number of nitrogens with one attached hydrogen (secondary N) is 2. The number of nitrogens with zero attached hydrogens (tertiary/aromatic N) is 5. The van der Waals surface area contributed by atoms with Crippen molar-refractivity contribution in [2.45, 2.75) is 40.4 Å². The van der Waals surface area contributed by atoms with E-state index in [9.17, 15) is 0 Å². The molecule has 1 aromatic carbocycles. The second-order valence-corrected chi connectivity index (χ2v) is 6.85. The highest BCUT2D eigenvalue weighted by Crippen LogP contribution is 2.11. The first-order valence-corrected chi connectivity index (χ1v) is 9.63. The molecule has 7 nitrogen and oxygen atoms in total. The van der Waals surface area contributed by atoms with Crippen molar-refractivity contribution >= 4 is 5.96 Å². The summed E-state index contributed by atoms with van der Waals surface area (Å²) in [6, 6.07) is 10.3. The fourth-order valence-electron chi connectivity index (χ4n) is 3.10. The number of benzene rings is 1.